The topological polar surface area (TPSA) is 78.4 Å². The Hall–Kier alpha value is -1.30. The predicted molar refractivity (Wildman–Crippen MR) is 79.8 cm³/mol. The molecule has 0 saturated heterocycles. The second-order valence-corrected chi connectivity index (χ2v) is 6.11. The molecule has 0 aliphatic carbocycles. The van der Waals surface area contributed by atoms with Crippen LogP contribution in [-0.4, -0.2) is 29.1 Å². The zero-order chi connectivity index (χ0) is 15.5. The molecule has 5 nitrogen and oxygen atoms in total. The van der Waals surface area contributed by atoms with Gasteiger partial charge in [-0.25, -0.2) is 4.79 Å². The van der Waals surface area contributed by atoms with E-state index >= 15 is 0 Å². The Morgan fingerprint density at radius 1 is 1.25 bits per heavy atom. The Labute approximate surface area is 127 Å². The van der Waals surface area contributed by atoms with E-state index in [9.17, 15) is 9.59 Å². The summed E-state index contributed by atoms with van der Waals surface area (Å²) in [6.07, 6.45) is 0. The standard InChI is InChI=1S/C13H16Cl2N2O3/c1-13(2,3)16-6-10(18)17-11-8(12(19)20)4-7(14)5-9(11)15/h4-5,16H,6H2,1-3H3,(H,17,18)(H,19,20). The number of rotatable bonds is 4. The van der Waals surface area contributed by atoms with Crippen LogP contribution in [-0.2, 0) is 4.79 Å². The van der Waals surface area contributed by atoms with Crippen LogP contribution in [0.25, 0.3) is 0 Å². The fraction of sp³-hybridized carbons (Fsp3) is 0.385. The minimum absolute atomic E-state index is 0.0432. The first-order valence-electron chi connectivity index (χ1n) is 5.87. The number of nitrogens with one attached hydrogen (secondary N) is 2. The molecule has 3 N–H and O–H groups in total. The second kappa shape index (κ2) is 6.43. The molecule has 1 aromatic carbocycles. The van der Waals surface area contributed by atoms with Crippen molar-refractivity contribution in [2.45, 2.75) is 26.3 Å². The molecule has 0 atom stereocenters. The quantitative estimate of drug-likeness (QED) is 0.797. The predicted octanol–water partition coefficient (Wildman–Crippen LogP) is 3.02. The molecular weight excluding hydrogens is 303 g/mol. The van der Waals surface area contributed by atoms with Gasteiger partial charge in [0.1, 0.15) is 0 Å². The van der Waals surface area contributed by atoms with Crippen molar-refractivity contribution in [2.24, 2.45) is 0 Å². The van der Waals surface area contributed by atoms with Crippen molar-refractivity contribution >= 4 is 40.8 Å². The highest BCUT2D eigenvalue weighted by Gasteiger charge is 2.18. The first-order chi connectivity index (χ1) is 9.10. The van der Waals surface area contributed by atoms with Gasteiger partial charge in [-0.05, 0) is 32.9 Å². The van der Waals surface area contributed by atoms with Crippen molar-refractivity contribution < 1.29 is 14.7 Å². The molecule has 0 radical (unpaired) electrons. The largest absolute Gasteiger partial charge is 0.478 e. The molecule has 1 rings (SSSR count). The molecule has 0 aliphatic rings. The highest BCUT2D eigenvalue weighted by Crippen LogP contribution is 2.30. The molecule has 0 aliphatic heterocycles. The van der Waals surface area contributed by atoms with Crippen molar-refractivity contribution in [2.75, 3.05) is 11.9 Å². The van der Waals surface area contributed by atoms with Gasteiger partial charge in [-0.1, -0.05) is 23.2 Å². The van der Waals surface area contributed by atoms with Crippen molar-refractivity contribution in [1.82, 2.24) is 5.32 Å². The zero-order valence-electron chi connectivity index (χ0n) is 11.4. The molecular formula is C13H16Cl2N2O3. The van der Waals surface area contributed by atoms with Crippen LogP contribution in [0.5, 0.6) is 0 Å². The molecule has 110 valence electrons. The second-order valence-electron chi connectivity index (χ2n) is 5.27. The van der Waals surface area contributed by atoms with E-state index in [-0.39, 0.29) is 39.3 Å². The highest BCUT2D eigenvalue weighted by atomic mass is 35.5. The van der Waals surface area contributed by atoms with Gasteiger partial charge in [-0.15, -0.1) is 0 Å². The van der Waals surface area contributed by atoms with Crippen LogP contribution in [0.3, 0.4) is 0 Å². The molecule has 0 unspecified atom stereocenters. The third-order valence-corrected chi connectivity index (χ3v) is 2.85. The van der Waals surface area contributed by atoms with Crippen molar-refractivity contribution in [3.05, 3.63) is 27.7 Å². The SMILES string of the molecule is CC(C)(C)NCC(=O)Nc1c(Cl)cc(Cl)cc1C(=O)O. The summed E-state index contributed by atoms with van der Waals surface area (Å²) in [6.45, 7) is 5.79. The number of benzene rings is 1. The summed E-state index contributed by atoms with van der Waals surface area (Å²) in [5.41, 5.74) is -0.326. The number of carbonyl (C=O) groups excluding carboxylic acids is 1. The summed E-state index contributed by atoms with van der Waals surface area (Å²) in [5, 5.41) is 14.9. The molecule has 1 amide bonds. The van der Waals surface area contributed by atoms with E-state index in [0.29, 0.717) is 0 Å². The van der Waals surface area contributed by atoms with Gasteiger partial charge >= 0.3 is 5.97 Å². The number of hydrogen-bond donors (Lipinski definition) is 3. The molecule has 20 heavy (non-hydrogen) atoms. The van der Waals surface area contributed by atoms with Crippen molar-refractivity contribution in [3.8, 4) is 0 Å². The Morgan fingerprint density at radius 3 is 2.35 bits per heavy atom. The molecule has 0 aromatic heterocycles. The highest BCUT2D eigenvalue weighted by molar-refractivity contribution is 6.37. The van der Waals surface area contributed by atoms with Crippen LogP contribution in [0.1, 0.15) is 31.1 Å². The molecule has 1 aromatic rings. The third kappa shape index (κ3) is 5.00. The van der Waals surface area contributed by atoms with Crippen molar-refractivity contribution in [3.63, 3.8) is 0 Å². The molecule has 0 heterocycles. The number of carbonyl (C=O) groups is 2. The lowest BCUT2D eigenvalue weighted by molar-refractivity contribution is -0.115. The van der Waals surface area contributed by atoms with Gasteiger partial charge in [0.2, 0.25) is 5.91 Å². The van der Waals surface area contributed by atoms with Gasteiger partial charge < -0.3 is 15.7 Å². The van der Waals surface area contributed by atoms with Gasteiger partial charge in [-0.3, -0.25) is 4.79 Å². The normalized spacial score (nSPS) is 11.2. The van der Waals surface area contributed by atoms with E-state index in [0.717, 1.165) is 0 Å². The van der Waals surface area contributed by atoms with E-state index in [1.54, 1.807) is 0 Å². The van der Waals surface area contributed by atoms with E-state index in [4.69, 9.17) is 28.3 Å². The number of aromatic carboxylic acids is 1. The van der Waals surface area contributed by atoms with Crippen molar-refractivity contribution in [1.29, 1.82) is 0 Å². The Morgan fingerprint density at radius 2 is 1.85 bits per heavy atom. The van der Waals surface area contributed by atoms with E-state index < -0.39 is 5.97 Å². The summed E-state index contributed by atoms with van der Waals surface area (Å²) in [4.78, 5) is 23.0. The molecule has 7 heteroatoms. The maximum atomic E-state index is 11.8. The molecule has 0 spiro atoms. The minimum Gasteiger partial charge on any atom is -0.478 e. The van der Waals surface area contributed by atoms with Crippen LogP contribution < -0.4 is 10.6 Å². The molecule has 0 fully saturated rings. The Balaban J connectivity index is 2.92. The zero-order valence-corrected chi connectivity index (χ0v) is 12.9. The smallest absolute Gasteiger partial charge is 0.337 e. The number of carboxylic acids is 1. The first-order valence-corrected chi connectivity index (χ1v) is 6.63. The van der Waals surface area contributed by atoms with E-state index in [1.807, 2.05) is 20.8 Å². The number of halogens is 2. The van der Waals surface area contributed by atoms with E-state index in [2.05, 4.69) is 10.6 Å². The average Bonchev–Trinajstić information content (AvgIpc) is 2.28. The summed E-state index contributed by atoms with van der Waals surface area (Å²) in [6, 6.07) is 2.62. The number of amides is 1. The lowest BCUT2D eigenvalue weighted by atomic mass is 10.1. The van der Waals surface area contributed by atoms with Gasteiger partial charge in [0.05, 0.1) is 22.8 Å². The van der Waals surface area contributed by atoms with E-state index in [1.165, 1.54) is 12.1 Å². The fourth-order valence-corrected chi connectivity index (χ4v) is 1.94. The maximum absolute atomic E-state index is 11.8. The Bertz CT molecular complexity index is 539. The average molecular weight is 319 g/mol. The Kier molecular flexibility index (Phi) is 5.39. The summed E-state index contributed by atoms with van der Waals surface area (Å²) in [5.74, 6) is -1.60. The monoisotopic (exact) mass is 318 g/mol. The lowest BCUT2D eigenvalue weighted by Gasteiger charge is -2.20. The van der Waals surface area contributed by atoms with Crippen LogP contribution in [0.2, 0.25) is 10.0 Å². The van der Waals surface area contributed by atoms with Gasteiger partial charge in [0, 0.05) is 10.6 Å². The maximum Gasteiger partial charge on any atom is 0.337 e. The van der Waals surface area contributed by atoms with Gasteiger partial charge in [0.25, 0.3) is 0 Å². The van der Waals surface area contributed by atoms with Gasteiger partial charge in [-0.2, -0.15) is 0 Å². The fourth-order valence-electron chi connectivity index (χ4n) is 1.40. The summed E-state index contributed by atoms with van der Waals surface area (Å²) < 4.78 is 0. The van der Waals surface area contributed by atoms with Crippen LogP contribution in [0.15, 0.2) is 12.1 Å². The summed E-state index contributed by atoms with van der Waals surface area (Å²) >= 11 is 11.7. The van der Waals surface area contributed by atoms with Crippen LogP contribution in [0.4, 0.5) is 5.69 Å². The van der Waals surface area contributed by atoms with Crippen LogP contribution >= 0.6 is 23.2 Å². The first kappa shape index (κ1) is 16.8. The van der Waals surface area contributed by atoms with Crippen LogP contribution in [0, 0.1) is 0 Å². The molecule has 0 saturated carbocycles. The number of carboxylic acid groups (broad SMARTS) is 1. The third-order valence-electron chi connectivity index (χ3n) is 2.33. The van der Waals surface area contributed by atoms with Gasteiger partial charge in [0.15, 0.2) is 0 Å². The summed E-state index contributed by atoms with van der Waals surface area (Å²) in [7, 11) is 0. The molecule has 0 bridgehead atoms. The number of hydrogen-bond acceptors (Lipinski definition) is 3. The number of anilines is 1. The lowest BCUT2D eigenvalue weighted by Crippen LogP contribution is -2.41. The minimum atomic E-state index is -1.21.